The quantitative estimate of drug-likeness (QED) is 0.0568. The first-order chi connectivity index (χ1) is 43.8. The van der Waals surface area contributed by atoms with Crippen LogP contribution in [0.1, 0.15) is 82.9 Å². The Morgan fingerprint density at radius 2 is 0.288 bits per heavy atom. The van der Waals surface area contributed by atoms with E-state index in [1.807, 2.05) is 0 Å². The van der Waals surface area contributed by atoms with Gasteiger partial charge in [0.2, 0.25) is 52.2 Å². The molecule has 0 aliphatic heterocycles. The number of aromatic carboxylic acids is 8. The Morgan fingerprint density at radius 3 is 0.337 bits per heavy atom. The van der Waals surface area contributed by atoms with E-state index >= 15 is 0 Å². The maximum absolute atomic E-state index is 12.3. The molecule has 42 heteroatoms. The molecular weight excluding hydrogens is 1660 g/mol. The molecule has 0 radical (unpaired) electrons. The van der Waals surface area contributed by atoms with Gasteiger partial charge in [0, 0.05) is 28.2 Å². The fraction of sp³-hybridized carbons (Fsp3) is 0.0645. The summed E-state index contributed by atoms with van der Waals surface area (Å²) in [6, 6.07) is 36.3. The van der Waals surface area contributed by atoms with E-state index in [1.54, 1.807) is 28.2 Å². The molecule has 8 aromatic rings. The van der Waals surface area contributed by atoms with E-state index in [9.17, 15) is 122 Å². The van der Waals surface area contributed by atoms with Crippen molar-refractivity contribution >= 4 is 99.9 Å². The van der Waals surface area contributed by atoms with Crippen LogP contribution in [-0.2, 0) is 48.9 Å². The van der Waals surface area contributed by atoms with Crippen LogP contribution < -0.4 is 452 Å². The maximum atomic E-state index is 12.3. The summed E-state index contributed by atoms with van der Waals surface area (Å²) in [4.78, 5) is 106. The van der Waals surface area contributed by atoms with Crippen molar-refractivity contribution in [2.45, 2.75) is 39.2 Å². The molecular formula is C62H50K8N2O28S4. The van der Waals surface area contributed by atoms with Gasteiger partial charge in [0.25, 0.3) is 0 Å². The van der Waals surface area contributed by atoms with Gasteiger partial charge < -0.3 is 100.0 Å². The van der Waals surface area contributed by atoms with Crippen molar-refractivity contribution in [3.8, 4) is 0 Å². The van der Waals surface area contributed by atoms with Crippen LogP contribution in [0, 0.1) is 0 Å². The molecule has 508 valence electrons. The number of rotatable bonds is 18. The molecule has 8 aromatic carbocycles. The summed E-state index contributed by atoms with van der Waals surface area (Å²) < 4.78 is 98.2. The maximum Gasteiger partial charge on any atom is 1.00 e. The van der Waals surface area contributed by atoms with Gasteiger partial charge in [-0.2, -0.15) is 0 Å². The van der Waals surface area contributed by atoms with E-state index in [0.717, 1.165) is 207 Å². The van der Waals surface area contributed by atoms with Crippen molar-refractivity contribution in [2.24, 2.45) is 0 Å². The molecule has 2 amide bonds. The fourth-order valence-corrected chi connectivity index (χ4v) is 11.7. The average Bonchev–Trinajstić information content (AvgIpc) is 0.822. The zero-order valence-electron chi connectivity index (χ0n) is 57.8. The minimum Gasteiger partial charge on any atom is -0.545 e. The number of amides is 2. The Hall–Kier alpha value is 1.27. The van der Waals surface area contributed by atoms with Gasteiger partial charge in [0.15, 0.2) is 0 Å². The third kappa shape index (κ3) is 39.5. The molecule has 4 N–H and O–H groups in total. The summed E-state index contributed by atoms with van der Waals surface area (Å²) in [6.45, 7) is 0. The summed E-state index contributed by atoms with van der Waals surface area (Å²) in [5.41, 5.74) is -1.10. The second kappa shape index (κ2) is 59.0. The molecule has 0 fully saturated rings. The number of sulfone groups is 4. The molecule has 8 rings (SSSR count). The van der Waals surface area contributed by atoms with E-state index < -0.39 is 87.1 Å². The average molecular weight is 1710 g/mol. The second-order valence-corrected chi connectivity index (χ2v) is 26.4. The minimum absolute atomic E-state index is 0. The Bertz CT molecular complexity index is 3740. The number of carboxylic acids is 8. The summed E-state index contributed by atoms with van der Waals surface area (Å²) in [5.74, 6) is -11.2. The van der Waals surface area contributed by atoms with Crippen molar-refractivity contribution in [3.63, 3.8) is 0 Å². The van der Waals surface area contributed by atoms with Crippen LogP contribution in [0.5, 0.6) is 0 Å². The van der Waals surface area contributed by atoms with E-state index in [2.05, 4.69) is 0 Å². The number of benzene rings is 8. The van der Waals surface area contributed by atoms with Crippen LogP contribution in [-0.4, -0.2) is 143 Å². The number of carbonyl (C=O) groups excluding carboxylic acids is 10. The van der Waals surface area contributed by atoms with Gasteiger partial charge in [-0.1, -0.05) is 97.1 Å². The number of nitrogens with zero attached hydrogens (tertiary/aromatic N) is 2. The van der Waals surface area contributed by atoms with Crippen LogP contribution in [0.15, 0.2) is 233 Å². The first-order valence-corrected chi connectivity index (χ1v) is 31.5. The molecule has 0 spiro atoms. The predicted octanol–water partition coefficient (Wildman–Crippen LogP) is -29.2. The van der Waals surface area contributed by atoms with Gasteiger partial charge in [-0.3, -0.25) is 9.59 Å². The molecule has 0 saturated carbocycles. The SMILES string of the molecule is CN(C)C=O.CN(C)C=O.O.O.O=C([O-])c1ccc(S(=O)(=O)c2ccc(C(=O)[O-])cc2)cc1.O=C([O-])c1ccc(S(=O)(=O)c2ccc(C(=O)[O-])cc2)cc1.O=C([O-])c1ccc(S(=O)(=O)c2ccc(C(=O)[O-])cc2)cc1.O=C([O-])c1ccc(S(=O)(=O)c2ccc(C(=O)[O-])cc2)cc1.[K+].[K+].[K+].[K+].[K+].[K+].[K+].[K+]. The van der Waals surface area contributed by atoms with Gasteiger partial charge in [0.05, 0.1) is 86.9 Å². The minimum atomic E-state index is -3.85. The van der Waals surface area contributed by atoms with Crippen LogP contribution in [0.4, 0.5) is 0 Å². The van der Waals surface area contributed by atoms with Gasteiger partial charge in [-0.15, -0.1) is 0 Å². The Morgan fingerprint density at radius 1 is 0.221 bits per heavy atom. The zero-order valence-corrected chi connectivity index (χ0v) is 86.0. The molecule has 0 aliphatic carbocycles. The van der Waals surface area contributed by atoms with Crippen molar-refractivity contribution in [2.75, 3.05) is 28.2 Å². The third-order valence-corrected chi connectivity index (χ3v) is 18.8. The molecule has 0 saturated heterocycles. The molecule has 30 nitrogen and oxygen atoms in total. The standard InChI is InChI=1S/4C14H10O6S.2C3H7NO.8K.2H2O/c4*15-13(16)9-1-5-11(6-2-9)21(19,20)12-7-3-10(4-8-12)14(17)18;2*1-4(2)3-5;;;;;;;;;;/h4*1-8H,(H,15,16)(H,17,18);2*3H,1-2H3;;;;;;;;;2*1H2/q;;;;;;8*+1;;/p-8. The van der Waals surface area contributed by atoms with Crippen LogP contribution in [0.2, 0.25) is 0 Å². The smallest absolute Gasteiger partial charge is 0.545 e. The summed E-state index contributed by atoms with van der Waals surface area (Å²) in [7, 11) is -8.65. The van der Waals surface area contributed by atoms with Crippen molar-refractivity contribution in [1.29, 1.82) is 0 Å². The molecule has 0 bridgehead atoms. The zero-order chi connectivity index (χ0) is 71.1. The van der Waals surface area contributed by atoms with Crippen LogP contribution >= 0.6 is 0 Å². The van der Waals surface area contributed by atoms with Crippen LogP contribution in [0.3, 0.4) is 0 Å². The van der Waals surface area contributed by atoms with Crippen LogP contribution in [0.25, 0.3) is 0 Å². The van der Waals surface area contributed by atoms with Crippen molar-refractivity contribution in [1.82, 2.24) is 9.80 Å². The second-order valence-electron chi connectivity index (χ2n) is 18.6. The number of carboxylic acid groups (broad SMARTS) is 8. The summed E-state index contributed by atoms with van der Waals surface area (Å²) >= 11 is 0. The number of hydrogen-bond donors (Lipinski definition) is 0. The van der Waals surface area contributed by atoms with Gasteiger partial charge in [0.1, 0.15) is 0 Å². The van der Waals surface area contributed by atoms with E-state index in [-0.39, 0.29) is 506 Å². The molecule has 0 aromatic heterocycles. The topological polar surface area (TPSA) is 561 Å². The van der Waals surface area contributed by atoms with Gasteiger partial charge in [-0.05, 0) is 142 Å². The largest absolute Gasteiger partial charge is 1.00 e. The Labute approximate surface area is 937 Å². The van der Waals surface area contributed by atoms with E-state index in [4.69, 9.17) is 0 Å². The Balaban J connectivity index is -0.000000183. The van der Waals surface area contributed by atoms with Crippen molar-refractivity contribution in [3.05, 3.63) is 239 Å². The van der Waals surface area contributed by atoms with E-state index in [1.165, 1.54) is 9.80 Å². The third-order valence-electron chi connectivity index (χ3n) is 11.6. The summed E-state index contributed by atoms with van der Waals surface area (Å²) in [5, 5.41) is 84.9. The van der Waals surface area contributed by atoms with Gasteiger partial charge in [-0.25, -0.2) is 33.7 Å². The molecule has 0 unspecified atom stereocenters. The number of carbonyl (C=O) groups is 10. The fourth-order valence-electron chi connectivity index (χ4n) is 6.71. The molecule has 0 heterocycles. The predicted molar refractivity (Wildman–Crippen MR) is 315 cm³/mol. The molecule has 0 atom stereocenters. The molecule has 0 aliphatic rings. The normalized spacial score (nSPS) is 9.58. The molecule has 104 heavy (non-hydrogen) atoms. The Kier molecular flexibility index (Phi) is 68.6. The van der Waals surface area contributed by atoms with E-state index in [0.29, 0.717) is 0 Å². The summed E-state index contributed by atoms with van der Waals surface area (Å²) in [6.07, 6.45) is 1.50. The first-order valence-electron chi connectivity index (χ1n) is 25.6. The van der Waals surface area contributed by atoms with Gasteiger partial charge >= 0.3 is 411 Å². The number of hydrogen-bond acceptors (Lipinski definition) is 26. The van der Waals surface area contributed by atoms with Crippen molar-refractivity contribution < 1.29 is 544 Å². The monoisotopic (exact) mass is 1710 g/mol. The first kappa shape index (κ1) is 121.